The predicted octanol–water partition coefficient (Wildman–Crippen LogP) is 5.07. The number of carbonyl (C=O) groups excluding carboxylic acids is 1. The summed E-state index contributed by atoms with van der Waals surface area (Å²) in [6.45, 7) is 10.5. The standard InChI is InChI=1S/C27H37FN2O3S/c1-4-6-7-22(31)17-29(16-20(3)5-2)18-27(32)30-14-12-26-24(13-15-34-26)25(30)19-33-23-10-8-21(28)9-11-23/h4,8-11,13,15,20,22,25,31H,1,5-7,12,14,16-19H2,2-3H3/t20-,22+,25-/m1/s1. The van der Waals surface area contributed by atoms with E-state index in [0.717, 1.165) is 31.4 Å². The van der Waals surface area contributed by atoms with Gasteiger partial charge in [0.25, 0.3) is 0 Å². The minimum absolute atomic E-state index is 0.0452. The Hall–Kier alpha value is -2.22. The maximum Gasteiger partial charge on any atom is 0.237 e. The van der Waals surface area contributed by atoms with Crippen LogP contribution in [0.4, 0.5) is 4.39 Å². The molecule has 3 rings (SSSR count). The number of allylic oxidation sites excluding steroid dienone is 1. The van der Waals surface area contributed by atoms with Crippen molar-refractivity contribution in [2.75, 3.05) is 32.8 Å². The number of nitrogens with zero attached hydrogens (tertiary/aromatic N) is 2. The second kappa shape index (κ2) is 13.0. The molecule has 1 aromatic heterocycles. The van der Waals surface area contributed by atoms with Crippen LogP contribution >= 0.6 is 11.3 Å². The second-order valence-corrected chi connectivity index (χ2v) is 10.1. The molecule has 186 valence electrons. The molecule has 0 bridgehead atoms. The molecule has 1 aliphatic heterocycles. The number of benzene rings is 1. The number of carbonyl (C=O) groups is 1. The molecule has 0 spiro atoms. The van der Waals surface area contributed by atoms with Gasteiger partial charge >= 0.3 is 0 Å². The van der Waals surface area contributed by atoms with Gasteiger partial charge in [-0.3, -0.25) is 9.69 Å². The number of aliphatic hydroxyl groups is 1. The molecular weight excluding hydrogens is 451 g/mol. The number of amides is 1. The van der Waals surface area contributed by atoms with E-state index in [0.29, 0.717) is 37.8 Å². The zero-order chi connectivity index (χ0) is 24.5. The van der Waals surface area contributed by atoms with Crippen molar-refractivity contribution in [1.82, 2.24) is 9.80 Å². The van der Waals surface area contributed by atoms with E-state index in [1.165, 1.54) is 17.0 Å². The van der Waals surface area contributed by atoms with Crippen molar-refractivity contribution >= 4 is 17.2 Å². The minimum Gasteiger partial charge on any atom is -0.491 e. The van der Waals surface area contributed by atoms with E-state index in [4.69, 9.17) is 4.74 Å². The normalized spacial score (nSPS) is 17.3. The van der Waals surface area contributed by atoms with Crippen LogP contribution in [0.3, 0.4) is 0 Å². The van der Waals surface area contributed by atoms with Gasteiger partial charge in [-0.1, -0.05) is 26.3 Å². The quantitative estimate of drug-likeness (QED) is 0.400. The van der Waals surface area contributed by atoms with Crippen molar-refractivity contribution in [2.24, 2.45) is 5.92 Å². The molecule has 0 aliphatic carbocycles. The molecule has 2 heterocycles. The summed E-state index contributed by atoms with van der Waals surface area (Å²) in [6.07, 6.45) is 4.57. The molecule has 0 saturated carbocycles. The first-order valence-corrected chi connectivity index (χ1v) is 13.0. The summed E-state index contributed by atoms with van der Waals surface area (Å²) in [7, 11) is 0. The van der Waals surface area contributed by atoms with Crippen molar-refractivity contribution in [2.45, 2.75) is 51.7 Å². The van der Waals surface area contributed by atoms with Crippen LogP contribution in [0.1, 0.15) is 49.6 Å². The Morgan fingerprint density at radius 2 is 2.12 bits per heavy atom. The summed E-state index contributed by atoms with van der Waals surface area (Å²) >= 11 is 1.71. The average molecular weight is 489 g/mol. The number of halogens is 1. The fraction of sp³-hybridized carbons (Fsp3) is 0.519. The molecule has 3 atom stereocenters. The third-order valence-electron chi connectivity index (χ3n) is 6.44. The van der Waals surface area contributed by atoms with Crippen molar-refractivity contribution < 1.29 is 19.0 Å². The number of rotatable bonds is 13. The lowest BCUT2D eigenvalue weighted by Gasteiger charge is -2.37. The van der Waals surface area contributed by atoms with E-state index in [1.54, 1.807) is 23.5 Å². The van der Waals surface area contributed by atoms with Crippen LogP contribution in [0.2, 0.25) is 0 Å². The molecule has 1 aliphatic rings. The molecular formula is C27H37FN2O3S. The highest BCUT2D eigenvalue weighted by atomic mass is 32.1. The van der Waals surface area contributed by atoms with Crippen LogP contribution in [0.25, 0.3) is 0 Å². The summed E-state index contributed by atoms with van der Waals surface area (Å²) in [5, 5.41) is 12.5. The van der Waals surface area contributed by atoms with Crippen LogP contribution in [-0.2, 0) is 11.2 Å². The van der Waals surface area contributed by atoms with Crippen LogP contribution in [0, 0.1) is 11.7 Å². The van der Waals surface area contributed by atoms with Gasteiger partial charge in [0.15, 0.2) is 0 Å². The zero-order valence-corrected chi connectivity index (χ0v) is 21.1. The Balaban J connectivity index is 1.71. The van der Waals surface area contributed by atoms with Gasteiger partial charge in [-0.05, 0) is 66.5 Å². The van der Waals surface area contributed by atoms with E-state index < -0.39 is 6.10 Å². The number of fused-ring (bicyclic) bond motifs is 1. The molecule has 7 heteroatoms. The molecule has 5 nitrogen and oxygen atoms in total. The SMILES string of the molecule is C=CCC[C@H](O)CN(CC(=O)N1CCc2sccc2[C@H]1COc1ccc(F)cc1)C[C@H](C)CC. The number of hydrogen-bond donors (Lipinski definition) is 1. The van der Waals surface area contributed by atoms with E-state index in [1.807, 2.05) is 11.0 Å². The molecule has 2 aromatic rings. The van der Waals surface area contributed by atoms with Crippen molar-refractivity contribution in [3.63, 3.8) is 0 Å². The van der Waals surface area contributed by atoms with Gasteiger partial charge in [0.2, 0.25) is 5.91 Å². The van der Waals surface area contributed by atoms with Gasteiger partial charge in [0.1, 0.15) is 18.2 Å². The molecule has 1 aromatic carbocycles. The Morgan fingerprint density at radius 3 is 2.82 bits per heavy atom. The zero-order valence-electron chi connectivity index (χ0n) is 20.3. The molecule has 34 heavy (non-hydrogen) atoms. The fourth-order valence-electron chi connectivity index (χ4n) is 4.34. The first-order valence-electron chi connectivity index (χ1n) is 12.2. The van der Waals surface area contributed by atoms with Crippen molar-refractivity contribution in [1.29, 1.82) is 0 Å². The smallest absolute Gasteiger partial charge is 0.237 e. The van der Waals surface area contributed by atoms with E-state index >= 15 is 0 Å². The summed E-state index contributed by atoms with van der Waals surface area (Å²) in [5.41, 5.74) is 1.13. The maximum absolute atomic E-state index is 13.6. The van der Waals surface area contributed by atoms with Crippen molar-refractivity contribution in [3.05, 3.63) is 64.6 Å². The van der Waals surface area contributed by atoms with Gasteiger partial charge in [-0.2, -0.15) is 0 Å². The van der Waals surface area contributed by atoms with Crippen LogP contribution in [0.15, 0.2) is 48.4 Å². The summed E-state index contributed by atoms with van der Waals surface area (Å²) < 4.78 is 19.3. The highest BCUT2D eigenvalue weighted by molar-refractivity contribution is 7.10. The number of ether oxygens (including phenoxy) is 1. The van der Waals surface area contributed by atoms with Crippen molar-refractivity contribution in [3.8, 4) is 5.75 Å². The molecule has 1 amide bonds. The predicted molar refractivity (Wildman–Crippen MR) is 136 cm³/mol. The minimum atomic E-state index is -0.489. The van der Waals surface area contributed by atoms with Gasteiger partial charge < -0.3 is 14.7 Å². The van der Waals surface area contributed by atoms with Gasteiger partial charge in [0.05, 0.1) is 18.7 Å². The Bertz CT molecular complexity index is 917. The number of aliphatic hydroxyl groups excluding tert-OH is 1. The molecule has 1 N–H and O–H groups in total. The Labute approximate surface area is 206 Å². The lowest BCUT2D eigenvalue weighted by Crippen LogP contribution is -2.48. The molecule has 0 unspecified atom stereocenters. The van der Waals surface area contributed by atoms with Crippen LogP contribution < -0.4 is 4.74 Å². The summed E-state index contributed by atoms with van der Waals surface area (Å²) in [4.78, 5) is 18.8. The van der Waals surface area contributed by atoms with Gasteiger partial charge in [0, 0.05) is 24.5 Å². The van der Waals surface area contributed by atoms with Gasteiger partial charge in [-0.25, -0.2) is 4.39 Å². The number of hydrogen-bond acceptors (Lipinski definition) is 5. The van der Waals surface area contributed by atoms with Crippen LogP contribution in [-0.4, -0.2) is 59.7 Å². The van der Waals surface area contributed by atoms with E-state index in [2.05, 4.69) is 36.8 Å². The van der Waals surface area contributed by atoms with Crippen LogP contribution in [0.5, 0.6) is 5.75 Å². The number of thiophene rings is 1. The largest absolute Gasteiger partial charge is 0.491 e. The topological polar surface area (TPSA) is 53.0 Å². The molecule has 0 radical (unpaired) electrons. The Kier molecular flexibility index (Phi) is 10.1. The van der Waals surface area contributed by atoms with Gasteiger partial charge in [-0.15, -0.1) is 17.9 Å². The maximum atomic E-state index is 13.6. The lowest BCUT2D eigenvalue weighted by atomic mass is 10.00. The fourth-order valence-corrected chi connectivity index (χ4v) is 5.26. The third kappa shape index (κ3) is 7.39. The lowest BCUT2D eigenvalue weighted by molar-refractivity contribution is -0.136. The first kappa shape index (κ1) is 26.4. The Morgan fingerprint density at radius 1 is 1.35 bits per heavy atom. The monoisotopic (exact) mass is 488 g/mol. The third-order valence-corrected chi connectivity index (χ3v) is 7.43. The highest BCUT2D eigenvalue weighted by Gasteiger charge is 2.33. The summed E-state index contributed by atoms with van der Waals surface area (Å²) in [5.74, 6) is 0.754. The van der Waals surface area contributed by atoms with E-state index in [9.17, 15) is 14.3 Å². The van der Waals surface area contributed by atoms with E-state index in [-0.39, 0.29) is 24.3 Å². The average Bonchev–Trinajstić information content (AvgIpc) is 3.31. The summed E-state index contributed by atoms with van der Waals surface area (Å²) in [6, 6.07) is 7.85. The highest BCUT2D eigenvalue weighted by Crippen LogP contribution is 2.34. The first-order chi connectivity index (χ1) is 16.4. The second-order valence-electron chi connectivity index (χ2n) is 9.14. The molecule has 0 saturated heterocycles. The molecule has 0 fully saturated rings.